The van der Waals surface area contributed by atoms with Crippen LogP contribution in [0.2, 0.25) is 0 Å². The quantitative estimate of drug-likeness (QED) is 0.342. The van der Waals surface area contributed by atoms with Gasteiger partial charge in [-0.2, -0.15) is 0 Å². The van der Waals surface area contributed by atoms with Crippen molar-refractivity contribution in [3.05, 3.63) is 34.4 Å². The molecular weight excluding hydrogens is 323 g/mol. The lowest BCUT2D eigenvalue weighted by Gasteiger charge is -2.22. The summed E-state index contributed by atoms with van der Waals surface area (Å²) in [6, 6.07) is 4.02. The van der Waals surface area contributed by atoms with Crippen molar-refractivity contribution in [3.63, 3.8) is 0 Å². The molecule has 0 heterocycles. The molecule has 0 saturated heterocycles. The van der Waals surface area contributed by atoms with Crippen LogP contribution < -0.4 is 0 Å². The van der Waals surface area contributed by atoms with E-state index in [1.165, 1.54) is 9.12 Å². The molecule has 1 saturated carbocycles. The molecule has 132 valence electrons. The Labute approximate surface area is 146 Å². The number of aryl methyl sites for hydroxylation is 3. The van der Waals surface area contributed by atoms with Gasteiger partial charge in [-0.1, -0.05) is 35.1 Å². The monoisotopic (exact) mass is 351 g/mol. The van der Waals surface area contributed by atoms with Crippen LogP contribution in [0.15, 0.2) is 12.1 Å². The van der Waals surface area contributed by atoms with E-state index in [9.17, 15) is 9.59 Å². The van der Waals surface area contributed by atoms with Crippen molar-refractivity contribution < 1.29 is 18.9 Å². The van der Waals surface area contributed by atoms with Gasteiger partial charge >= 0.3 is 15.1 Å². The molecule has 1 fully saturated rings. The third-order valence-corrected chi connectivity index (χ3v) is 4.62. The van der Waals surface area contributed by atoms with Crippen molar-refractivity contribution in [1.29, 1.82) is 0 Å². The van der Waals surface area contributed by atoms with Crippen LogP contribution >= 0.6 is 9.12 Å². The van der Waals surface area contributed by atoms with Gasteiger partial charge < -0.3 is 4.74 Å². The summed E-state index contributed by atoms with van der Waals surface area (Å²) in [7, 11) is 1.17. The fourth-order valence-corrected chi connectivity index (χ4v) is 3.76. The van der Waals surface area contributed by atoms with Gasteiger partial charge in [-0.25, -0.2) is 0 Å². The highest BCUT2D eigenvalue weighted by Crippen LogP contribution is 2.35. The molecule has 2 rings (SSSR count). The van der Waals surface area contributed by atoms with Crippen molar-refractivity contribution >= 4 is 20.9 Å². The molecule has 1 aliphatic rings. The predicted octanol–water partition coefficient (Wildman–Crippen LogP) is 4.37. The average Bonchev–Trinajstić information content (AvgIpc) is 3.02. The molecule has 0 aromatic heterocycles. The SMILES string of the molecule is CCOC(=O)C(C(=O)c1c(C)cc(C)cc1C)C1CCCC1.O=[PH2+]. The Kier molecular flexibility index (Phi) is 8.27. The van der Waals surface area contributed by atoms with E-state index < -0.39 is 5.92 Å². The largest absolute Gasteiger partial charge is 0.465 e. The molecule has 1 aliphatic carbocycles. The van der Waals surface area contributed by atoms with Gasteiger partial charge in [-0.15, -0.1) is 0 Å². The first-order valence-corrected chi connectivity index (χ1v) is 8.95. The average molecular weight is 351 g/mol. The van der Waals surface area contributed by atoms with Crippen LogP contribution in [0, 0.1) is 32.6 Å². The first kappa shape index (κ1) is 20.5. The lowest BCUT2D eigenvalue weighted by atomic mass is 9.82. The zero-order valence-electron chi connectivity index (χ0n) is 15.1. The summed E-state index contributed by atoms with van der Waals surface area (Å²) in [6.45, 7) is 8.03. The second kappa shape index (κ2) is 9.68. The molecule has 1 aromatic rings. The fourth-order valence-electron chi connectivity index (χ4n) is 3.76. The van der Waals surface area contributed by atoms with Gasteiger partial charge in [-0.05, 0) is 57.6 Å². The fraction of sp³-hybridized carbons (Fsp3) is 0.579. The summed E-state index contributed by atoms with van der Waals surface area (Å²) < 4.78 is 13.4. The van der Waals surface area contributed by atoms with Gasteiger partial charge in [0.05, 0.1) is 6.61 Å². The van der Waals surface area contributed by atoms with Crippen LogP contribution in [0.25, 0.3) is 0 Å². The molecule has 0 bridgehead atoms. The van der Waals surface area contributed by atoms with Crippen LogP contribution in [0.3, 0.4) is 0 Å². The molecule has 24 heavy (non-hydrogen) atoms. The van der Waals surface area contributed by atoms with Crippen LogP contribution in [0.1, 0.15) is 59.7 Å². The van der Waals surface area contributed by atoms with Crippen molar-refractivity contribution in [2.45, 2.75) is 53.4 Å². The zero-order chi connectivity index (χ0) is 18.3. The Morgan fingerprint density at radius 3 is 2.08 bits per heavy atom. The summed E-state index contributed by atoms with van der Waals surface area (Å²) in [4.78, 5) is 25.5. The van der Waals surface area contributed by atoms with Gasteiger partial charge in [-0.3, -0.25) is 9.59 Å². The number of carbonyl (C=O) groups excluding carboxylic acids is 2. The Morgan fingerprint density at radius 1 is 1.12 bits per heavy atom. The number of esters is 1. The molecule has 0 amide bonds. The topological polar surface area (TPSA) is 60.4 Å². The molecule has 0 spiro atoms. The third-order valence-electron chi connectivity index (χ3n) is 4.62. The number of hydrogen-bond donors (Lipinski definition) is 0. The van der Waals surface area contributed by atoms with Crippen LogP contribution in [0.5, 0.6) is 0 Å². The molecule has 2 atom stereocenters. The molecule has 4 nitrogen and oxygen atoms in total. The molecular formula is C19H28O4P+. The Hall–Kier alpha value is -1.54. The van der Waals surface area contributed by atoms with Crippen molar-refractivity contribution in [1.82, 2.24) is 0 Å². The predicted molar refractivity (Wildman–Crippen MR) is 97.5 cm³/mol. The molecule has 0 aliphatic heterocycles. The van der Waals surface area contributed by atoms with E-state index in [1.54, 1.807) is 6.92 Å². The number of ketones is 1. The minimum atomic E-state index is -0.637. The van der Waals surface area contributed by atoms with E-state index in [-0.39, 0.29) is 17.7 Å². The summed E-state index contributed by atoms with van der Waals surface area (Å²) in [5.41, 5.74) is 3.75. The molecule has 0 radical (unpaired) electrons. The number of benzene rings is 1. The number of Topliss-reactive ketones (excluding diaryl/α,β-unsaturated/α-hetero) is 1. The highest BCUT2D eigenvalue weighted by Gasteiger charge is 2.38. The standard InChI is InChI=1S/C19H26O3.H2OP/c1-5-22-19(21)17(15-8-6-7-9-15)18(20)16-13(3)10-12(2)11-14(16)4;1-2/h10-11,15,17H,5-9H2,1-4H3;2H2/q;+1. The van der Waals surface area contributed by atoms with Crippen LogP contribution in [-0.4, -0.2) is 18.4 Å². The minimum absolute atomic E-state index is 0.0552. The molecule has 0 N–H and O–H groups in total. The second-order valence-corrected chi connectivity index (χ2v) is 6.41. The Bertz CT molecular complexity index is 568. The first-order chi connectivity index (χ1) is 11.5. The Balaban J connectivity index is 0.00000139. The summed E-state index contributed by atoms with van der Waals surface area (Å²) in [6.07, 6.45) is 4.08. The van der Waals surface area contributed by atoms with E-state index in [4.69, 9.17) is 9.30 Å². The van der Waals surface area contributed by atoms with Crippen molar-refractivity contribution in [2.24, 2.45) is 11.8 Å². The molecule has 5 heteroatoms. The van der Waals surface area contributed by atoms with E-state index in [2.05, 4.69) is 0 Å². The normalized spacial score (nSPS) is 15.3. The maximum Gasteiger partial charge on any atom is 0.317 e. The zero-order valence-corrected chi connectivity index (χ0v) is 16.2. The van der Waals surface area contributed by atoms with Gasteiger partial charge in [0.15, 0.2) is 5.78 Å². The van der Waals surface area contributed by atoms with Gasteiger partial charge in [0.25, 0.3) is 0 Å². The number of carbonyl (C=O) groups is 2. The maximum atomic E-state index is 13.1. The van der Waals surface area contributed by atoms with E-state index in [1.807, 2.05) is 32.9 Å². The lowest BCUT2D eigenvalue weighted by Crippen LogP contribution is -2.33. The lowest BCUT2D eigenvalue weighted by molar-refractivity contribution is -0.147. The van der Waals surface area contributed by atoms with Crippen LogP contribution in [-0.2, 0) is 14.1 Å². The van der Waals surface area contributed by atoms with Crippen LogP contribution in [0.4, 0.5) is 0 Å². The second-order valence-electron chi connectivity index (χ2n) is 6.41. The summed E-state index contributed by atoms with van der Waals surface area (Å²) in [5, 5.41) is 0. The number of rotatable bonds is 5. The Morgan fingerprint density at radius 2 is 1.62 bits per heavy atom. The van der Waals surface area contributed by atoms with Gasteiger partial charge in [0.1, 0.15) is 5.92 Å². The van der Waals surface area contributed by atoms with E-state index in [0.29, 0.717) is 12.2 Å². The van der Waals surface area contributed by atoms with E-state index in [0.717, 1.165) is 42.4 Å². The smallest absolute Gasteiger partial charge is 0.317 e. The third kappa shape index (κ3) is 4.73. The summed E-state index contributed by atoms with van der Waals surface area (Å²) >= 11 is 0. The summed E-state index contributed by atoms with van der Waals surface area (Å²) in [5.74, 6) is -0.909. The van der Waals surface area contributed by atoms with Gasteiger partial charge in [0, 0.05) is 5.56 Å². The highest BCUT2D eigenvalue weighted by atomic mass is 31.0. The number of hydrogen-bond acceptors (Lipinski definition) is 4. The van der Waals surface area contributed by atoms with E-state index >= 15 is 0 Å². The van der Waals surface area contributed by atoms with Crippen molar-refractivity contribution in [3.8, 4) is 0 Å². The molecule has 2 unspecified atom stereocenters. The van der Waals surface area contributed by atoms with Crippen molar-refractivity contribution in [2.75, 3.05) is 6.61 Å². The molecule has 1 aromatic carbocycles. The maximum absolute atomic E-state index is 13.1. The first-order valence-electron chi connectivity index (χ1n) is 8.48. The minimum Gasteiger partial charge on any atom is -0.465 e. The number of ether oxygens (including phenoxy) is 1. The highest BCUT2D eigenvalue weighted by molar-refractivity contribution is 7.00. The van der Waals surface area contributed by atoms with Gasteiger partial charge in [0.2, 0.25) is 0 Å².